The van der Waals surface area contributed by atoms with E-state index < -0.39 is 0 Å². The van der Waals surface area contributed by atoms with Crippen molar-refractivity contribution in [1.29, 1.82) is 0 Å². The van der Waals surface area contributed by atoms with Gasteiger partial charge in [-0.2, -0.15) is 0 Å². The van der Waals surface area contributed by atoms with Crippen LogP contribution in [0.4, 0.5) is 0 Å². The Morgan fingerprint density at radius 1 is 1.64 bits per heavy atom. The molecule has 78 valence electrons. The van der Waals surface area contributed by atoms with Crippen molar-refractivity contribution in [1.82, 2.24) is 9.55 Å². The fourth-order valence-corrected chi connectivity index (χ4v) is 2.95. The van der Waals surface area contributed by atoms with E-state index in [1.54, 1.807) is 11.8 Å². The molecule has 0 aliphatic heterocycles. The molecule has 1 aliphatic carbocycles. The summed E-state index contributed by atoms with van der Waals surface area (Å²) in [6, 6.07) is 0. The van der Waals surface area contributed by atoms with E-state index in [0.29, 0.717) is 6.61 Å². The van der Waals surface area contributed by atoms with Gasteiger partial charge in [-0.25, -0.2) is 4.98 Å². The van der Waals surface area contributed by atoms with Crippen LogP contribution in [0.1, 0.15) is 19.3 Å². The van der Waals surface area contributed by atoms with Gasteiger partial charge in [0.05, 0.1) is 0 Å². The zero-order chi connectivity index (χ0) is 10.0. The number of aliphatic hydroxyl groups is 1. The molecule has 14 heavy (non-hydrogen) atoms. The highest BCUT2D eigenvalue weighted by Gasteiger charge is 2.36. The van der Waals surface area contributed by atoms with Crippen molar-refractivity contribution < 1.29 is 5.11 Å². The second-order valence-corrected chi connectivity index (χ2v) is 5.06. The first-order valence-corrected chi connectivity index (χ1v) is 5.95. The molecule has 0 amide bonds. The number of aryl methyl sites for hydroxylation is 1. The summed E-state index contributed by atoms with van der Waals surface area (Å²) >= 11 is 1.75. The Kier molecular flexibility index (Phi) is 2.83. The number of hydrogen-bond donors (Lipinski definition) is 1. The van der Waals surface area contributed by atoms with Gasteiger partial charge < -0.3 is 9.67 Å². The van der Waals surface area contributed by atoms with Gasteiger partial charge in [0, 0.05) is 37.2 Å². The van der Waals surface area contributed by atoms with Gasteiger partial charge in [-0.1, -0.05) is 18.2 Å². The largest absolute Gasteiger partial charge is 0.396 e. The third kappa shape index (κ3) is 1.81. The molecule has 1 fully saturated rings. The molecule has 0 unspecified atom stereocenters. The van der Waals surface area contributed by atoms with E-state index in [1.165, 1.54) is 19.3 Å². The minimum atomic E-state index is 0.191. The van der Waals surface area contributed by atoms with Crippen LogP contribution in [0.5, 0.6) is 0 Å². The summed E-state index contributed by atoms with van der Waals surface area (Å²) in [6.07, 6.45) is 7.37. The van der Waals surface area contributed by atoms with Crippen LogP contribution in [-0.4, -0.2) is 27.0 Å². The van der Waals surface area contributed by atoms with Gasteiger partial charge in [0.25, 0.3) is 0 Å². The molecule has 0 spiro atoms. The smallest absolute Gasteiger partial charge is 0.167 e. The summed E-state index contributed by atoms with van der Waals surface area (Å²) < 4.78 is 2.02. The number of aliphatic hydroxyl groups excluding tert-OH is 1. The highest BCUT2D eigenvalue weighted by molar-refractivity contribution is 7.99. The molecule has 1 N–H and O–H groups in total. The minimum Gasteiger partial charge on any atom is -0.396 e. The highest BCUT2D eigenvalue weighted by atomic mass is 32.2. The van der Waals surface area contributed by atoms with Gasteiger partial charge >= 0.3 is 0 Å². The van der Waals surface area contributed by atoms with Crippen molar-refractivity contribution in [3.8, 4) is 0 Å². The van der Waals surface area contributed by atoms with Gasteiger partial charge in [0.15, 0.2) is 5.16 Å². The monoisotopic (exact) mass is 212 g/mol. The van der Waals surface area contributed by atoms with Gasteiger partial charge in [-0.15, -0.1) is 0 Å². The Bertz CT molecular complexity index is 301. The molecule has 0 aromatic carbocycles. The molecule has 1 aliphatic rings. The lowest BCUT2D eigenvalue weighted by molar-refractivity contribution is 0.0685. The lowest BCUT2D eigenvalue weighted by Gasteiger charge is -2.39. The van der Waals surface area contributed by atoms with Crippen molar-refractivity contribution in [3.05, 3.63) is 12.4 Å². The predicted molar refractivity (Wildman–Crippen MR) is 57.3 cm³/mol. The second kappa shape index (κ2) is 3.95. The summed E-state index contributed by atoms with van der Waals surface area (Å²) in [5.41, 5.74) is 0.191. The van der Waals surface area contributed by atoms with Gasteiger partial charge in [0.2, 0.25) is 0 Å². The SMILES string of the molecule is Cn1ccnc1SCC1(CO)CCC1. The summed E-state index contributed by atoms with van der Waals surface area (Å²) in [6.45, 7) is 0.324. The Hall–Kier alpha value is -0.480. The van der Waals surface area contributed by atoms with E-state index >= 15 is 0 Å². The van der Waals surface area contributed by atoms with Crippen molar-refractivity contribution in [3.63, 3.8) is 0 Å². The molecule has 4 heteroatoms. The summed E-state index contributed by atoms with van der Waals surface area (Å²) in [5, 5.41) is 10.3. The number of thioether (sulfide) groups is 1. The first kappa shape index (κ1) is 10.1. The number of aromatic nitrogens is 2. The minimum absolute atomic E-state index is 0.191. The maximum Gasteiger partial charge on any atom is 0.167 e. The molecule has 0 atom stereocenters. The molecule has 2 rings (SSSR count). The maximum absolute atomic E-state index is 9.29. The van der Waals surface area contributed by atoms with Crippen LogP contribution in [0, 0.1) is 5.41 Å². The maximum atomic E-state index is 9.29. The number of hydrogen-bond acceptors (Lipinski definition) is 3. The summed E-state index contributed by atoms with van der Waals surface area (Å²) in [7, 11) is 2.00. The number of rotatable bonds is 4. The third-order valence-electron chi connectivity index (χ3n) is 3.03. The van der Waals surface area contributed by atoms with E-state index in [-0.39, 0.29) is 5.41 Å². The van der Waals surface area contributed by atoms with Crippen molar-refractivity contribution in [2.45, 2.75) is 24.4 Å². The van der Waals surface area contributed by atoms with Crippen LogP contribution in [0.15, 0.2) is 17.6 Å². The van der Waals surface area contributed by atoms with Gasteiger partial charge in [-0.05, 0) is 12.8 Å². The Balaban J connectivity index is 1.90. The van der Waals surface area contributed by atoms with E-state index in [0.717, 1.165) is 10.9 Å². The Labute approximate surface area is 88.5 Å². The van der Waals surface area contributed by atoms with Crippen LogP contribution in [-0.2, 0) is 7.05 Å². The van der Waals surface area contributed by atoms with E-state index in [2.05, 4.69) is 4.98 Å². The van der Waals surface area contributed by atoms with Crippen molar-refractivity contribution >= 4 is 11.8 Å². The first-order chi connectivity index (χ1) is 6.76. The Morgan fingerprint density at radius 3 is 2.86 bits per heavy atom. The second-order valence-electron chi connectivity index (χ2n) is 4.12. The molecule has 1 aromatic rings. The molecular weight excluding hydrogens is 196 g/mol. The van der Waals surface area contributed by atoms with Crippen LogP contribution in [0.2, 0.25) is 0 Å². The van der Waals surface area contributed by atoms with E-state index in [9.17, 15) is 5.11 Å². The number of imidazole rings is 1. The molecular formula is C10H16N2OS. The molecule has 3 nitrogen and oxygen atoms in total. The molecule has 1 aromatic heterocycles. The molecule has 1 saturated carbocycles. The van der Waals surface area contributed by atoms with Crippen molar-refractivity contribution in [2.24, 2.45) is 12.5 Å². The zero-order valence-electron chi connectivity index (χ0n) is 8.44. The van der Waals surface area contributed by atoms with E-state index in [4.69, 9.17) is 0 Å². The standard InChI is InChI=1S/C10H16N2OS/c1-12-6-5-11-9(12)14-8-10(7-13)3-2-4-10/h5-6,13H,2-4,7-8H2,1H3. The average Bonchev–Trinajstić information content (AvgIpc) is 2.51. The zero-order valence-corrected chi connectivity index (χ0v) is 9.26. The van der Waals surface area contributed by atoms with Crippen LogP contribution < -0.4 is 0 Å². The summed E-state index contributed by atoms with van der Waals surface area (Å²) in [5.74, 6) is 0.994. The van der Waals surface area contributed by atoms with Gasteiger partial charge in [0.1, 0.15) is 0 Å². The molecule has 0 saturated heterocycles. The summed E-state index contributed by atoms with van der Waals surface area (Å²) in [4.78, 5) is 4.26. The Morgan fingerprint density at radius 2 is 2.43 bits per heavy atom. The van der Waals surface area contributed by atoms with E-state index in [1.807, 2.05) is 24.0 Å². The number of nitrogens with zero attached hydrogens (tertiary/aromatic N) is 2. The predicted octanol–water partition coefficient (Wildman–Crippen LogP) is 1.67. The third-order valence-corrected chi connectivity index (χ3v) is 4.44. The topological polar surface area (TPSA) is 38.0 Å². The molecule has 0 bridgehead atoms. The highest BCUT2D eigenvalue weighted by Crippen LogP contribution is 2.43. The van der Waals surface area contributed by atoms with Crippen LogP contribution in [0.25, 0.3) is 0 Å². The fraction of sp³-hybridized carbons (Fsp3) is 0.700. The van der Waals surface area contributed by atoms with Crippen LogP contribution in [0.3, 0.4) is 0 Å². The van der Waals surface area contributed by atoms with Gasteiger partial charge in [-0.3, -0.25) is 0 Å². The van der Waals surface area contributed by atoms with Crippen molar-refractivity contribution in [2.75, 3.05) is 12.4 Å². The van der Waals surface area contributed by atoms with Crippen LogP contribution >= 0.6 is 11.8 Å². The average molecular weight is 212 g/mol. The normalized spacial score (nSPS) is 19.3. The first-order valence-electron chi connectivity index (χ1n) is 4.97. The molecule has 0 radical (unpaired) electrons. The molecule has 1 heterocycles. The fourth-order valence-electron chi connectivity index (χ4n) is 1.73. The lowest BCUT2D eigenvalue weighted by atomic mass is 9.71. The quantitative estimate of drug-likeness (QED) is 0.772. The lowest BCUT2D eigenvalue weighted by Crippen LogP contribution is -2.35.